The Morgan fingerprint density at radius 1 is 1.19 bits per heavy atom. The monoisotopic (exact) mass is 371 g/mol. The van der Waals surface area contributed by atoms with Crippen molar-refractivity contribution >= 4 is 16.7 Å². The van der Waals surface area contributed by atoms with E-state index in [1.165, 1.54) is 12.4 Å². The maximum Gasteiger partial charge on any atom is 0.268 e. The molecule has 1 aliphatic rings. The van der Waals surface area contributed by atoms with Crippen molar-refractivity contribution in [2.75, 3.05) is 18.4 Å². The fourth-order valence-corrected chi connectivity index (χ4v) is 3.09. The molecule has 0 bridgehead atoms. The van der Waals surface area contributed by atoms with Crippen LogP contribution in [0.15, 0.2) is 43.0 Å². The zero-order chi connectivity index (χ0) is 18.6. The van der Waals surface area contributed by atoms with Crippen LogP contribution >= 0.6 is 0 Å². The molecule has 27 heavy (non-hydrogen) atoms. The van der Waals surface area contributed by atoms with Crippen LogP contribution in [0.25, 0.3) is 11.0 Å². The summed E-state index contributed by atoms with van der Waals surface area (Å²) in [5.41, 5.74) is 2.80. The number of halogens is 2. The van der Waals surface area contributed by atoms with E-state index in [1.807, 2.05) is 18.2 Å². The fraction of sp³-hybridized carbons (Fsp3) is 0.316. The molecule has 1 fully saturated rings. The second kappa shape index (κ2) is 7.79. The van der Waals surface area contributed by atoms with E-state index in [1.54, 1.807) is 12.4 Å². The quantitative estimate of drug-likeness (QED) is 0.693. The second-order valence-corrected chi connectivity index (χ2v) is 6.37. The molecule has 1 aliphatic heterocycles. The first-order valence-electron chi connectivity index (χ1n) is 8.77. The average Bonchev–Trinajstić information content (AvgIpc) is 3.20. The Morgan fingerprint density at radius 2 is 2.04 bits per heavy atom. The minimum atomic E-state index is -2.65. The summed E-state index contributed by atoms with van der Waals surface area (Å²) in [6, 6.07) is 5.73. The molecule has 2 N–H and O–H groups in total. The van der Waals surface area contributed by atoms with Crippen molar-refractivity contribution in [2.45, 2.75) is 25.5 Å². The topological polar surface area (TPSA) is 72.0 Å². The lowest BCUT2D eigenvalue weighted by Gasteiger charge is -2.19. The molecule has 8 heteroatoms. The average molecular weight is 371 g/mol. The largest absolute Gasteiger partial charge is 0.486 e. The Labute approximate surface area is 155 Å². The fourth-order valence-electron chi connectivity index (χ4n) is 3.09. The molecule has 0 amide bonds. The standard InChI is InChI=1S/C19H19F2N5O/c20-19(21)14-10-23-11-17(18(14)27-13-3-4-22-9-13)26-8-12-1-2-15-16(7-12)25-6-5-24-15/h1-2,5-7,10-11,13,19,22,26H,3-4,8-9H2/t13-/m1/s1. The molecule has 3 aromatic rings. The highest BCUT2D eigenvalue weighted by atomic mass is 19.3. The van der Waals surface area contributed by atoms with Crippen LogP contribution in [0.1, 0.15) is 24.0 Å². The van der Waals surface area contributed by atoms with Gasteiger partial charge >= 0.3 is 0 Å². The molecule has 4 rings (SSSR count). The normalized spacial score (nSPS) is 16.8. The highest BCUT2D eigenvalue weighted by Crippen LogP contribution is 2.36. The predicted octanol–water partition coefficient (Wildman–Crippen LogP) is 3.32. The maximum absolute atomic E-state index is 13.4. The first-order chi connectivity index (χ1) is 13.2. The van der Waals surface area contributed by atoms with Gasteiger partial charge < -0.3 is 15.4 Å². The lowest BCUT2D eigenvalue weighted by molar-refractivity contribution is 0.139. The van der Waals surface area contributed by atoms with E-state index in [-0.39, 0.29) is 17.4 Å². The van der Waals surface area contributed by atoms with Crippen molar-refractivity contribution in [1.29, 1.82) is 0 Å². The zero-order valence-electron chi connectivity index (χ0n) is 14.5. The molecule has 3 heterocycles. The summed E-state index contributed by atoms with van der Waals surface area (Å²) in [5.74, 6) is 0.175. The number of pyridine rings is 1. The van der Waals surface area contributed by atoms with Gasteiger partial charge in [-0.1, -0.05) is 6.07 Å². The van der Waals surface area contributed by atoms with Crippen molar-refractivity contribution in [2.24, 2.45) is 0 Å². The minimum absolute atomic E-state index is 0.124. The molecule has 0 unspecified atom stereocenters. The number of benzene rings is 1. The maximum atomic E-state index is 13.4. The molecule has 6 nitrogen and oxygen atoms in total. The zero-order valence-corrected chi connectivity index (χ0v) is 14.5. The Morgan fingerprint density at radius 3 is 2.81 bits per heavy atom. The van der Waals surface area contributed by atoms with Crippen molar-refractivity contribution in [3.05, 3.63) is 54.1 Å². The molecule has 2 aromatic heterocycles. The first kappa shape index (κ1) is 17.5. The van der Waals surface area contributed by atoms with Gasteiger partial charge in [0.15, 0.2) is 5.75 Å². The van der Waals surface area contributed by atoms with Crippen molar-refractivity contribution in [3.63, 3.8) is 0 Å². The van der Waals surface area contributed by atoms with Crippen LogP contribution < -0.4 is 15.4 Å². The third kappa shape index (κ3) is 3.95. The molecule has 1 saturated heterocycles. The molecule has 140 valence electrons. The second-order valence-electron chi connectivity index (χ2n) is 6.37. The summed E-state index contributed by atoms with van der Waals surface area (Å²) >= 11 is 0. The van der Waals surface area contributed by atoms with Crippen molar-refractivity contribution in [3.8, 4) is 5.75 Å². The summed E-state index contributed by atoms with van der Waals surface area (Å²) in [4.78, 5) is 12.5. The van der Waals surface area contributed by atoms with Gasteiger partial charge in [-0.2, -0.15) is 0 Å². The van der Waals surface area contributed by atoms with Crippen molar-refractivity contribution < 1.29 is 13.5 Å². The van der Waals surface area contributed by atoms with Gasteiger partial charge in [-0.3, -0.25) is 15.0 Å². The van der Waals surface area contributed by atoms with Crippen LogP contribution in [0.3, 0.4) is 0 Å². The van der Waals surface area contributed by atoms with Gasteiger partial charge in [-0.15, -0.1) is 0 Å². The van der Waals surface area contributed by atoms with Crippen LogP contribution in [0.4, 0.5) is 14.5 Å². The minimum Gasteiger partial charge on any atom is -0.486 e. The molecule has 0 saturated carbocycles. The highest BCUT2D eigenvalue weighted by Gasteiger charge is 2.23. The van der Waals surface area contributed by atoms with Gasteiger partial charge in [0.2, 0.25) is 0 Å². The highest BCUT2D eigenvalue weighted by molar-refractivity contribution is 5.74. The van der Waals surface area contributed by atoms with Gasteiger partial charge in [0.05, 0.1) is 28.5 Å². The Hall–Kier alpha value is -2.87. The third-order valence-electron chi connectivity index (χ3n) is 4.48. The number of hydrogen-bond acceptors (Lipinski definition) is 6. The Bertz CT molecular complexity index is 931. The molecule has 0 aliphatic carbocycles. The Kier molecular flexibility index (Phi) is 5.06. The number of nitrogens with zero attached hydrogens (tertiary/aromatic N) is 3. The molecular weight excluding hydrogens is 352 g/mol. The van der Waals surface area contributed by atoms with E-state index in [0.717, 1.165) is 29.6 Å². The predicted molar refractivity (Wildman–Crippen MR) is 98.0 cm³/mol. The van der Waals surface area contributed by atoms with E-state index in [0.29, 0.717) is 18.8 Å². The molecule has 0 radical (unpaired) electrons. The molecule has 1 atom stereocenters. The SMILES string of the molecule is FC(F)c1cncc(NCc2ccc3nccnc3c2)c1O[C@@H]1CCNC1. The van der Waals surface area contributed by atoms with Crippen LogP contribution in [-0.2, 0) is 6.54 Å². The smallest absolute Gasteiger partial charge is 0.268 e. The summed E-state index contributed by atoms with van der Waals surface area (Å²) in [6.45, 7) is 1.90. The van der Waals surface area contributed by atoms with Crippen LogP contribution in [0, 0.1) is 0 Å². The molecule has 1 aromatic carbocycles. The van der Waals surface area contributed by atoms with Crippen LogP contribution in [-0.4, -0.2) is 34.1 Å². The number of alkyl halides is 2. The lowest BCUT2D eigenvalue weighted by atomic mass is 10.1. The van der Waals surface area contributed by atoms with E-state index in [2.05, 4.69) is 25.6 Å². The van der Waals surface area contributed by atoms with Gasteiger partial charge in [0.25, 0.3) is 6.43 Å². The summed E-state index contributed by atoms with van der Waals surface area (Å²) < 4.78 is 32.8. The van der Waals surface area contributed by atoms with Crippen molar-refractivity contribution in [1.82, 2.24) is 20.3 Å². The molecular formula is C19H19F2N5O. The summed E-state index contributed by atoms with van der Waals surface area (Å²) in [5, 5.41) is 6.35. The first-order valence-corrected chi connectivity index (χ1v) is 8.77. The van der Waals surface area contributed by atoms with Gasteiger partial charge in [0.1, 0.15) is 6.10 Å². The number of rotatable bonds is 6. The number of anilines is 1. The number of ether oxygens (including phenoxy) is 1. The number of aromatic nitrogens is 3. The van der Waals surface area contributed by atoms with E-state index in [9.17, 15) is 8.78 Å². The number of nitrogens with one attached hydrogen (secondary N) is 2. The van der Waals surface area contributed by atoms with Gasteiger partial charge in [-0.25, -0.2) is 8.78 Å². The van der Waals surface area contributed by atoms with Crippen LogP contribution in [0.2, 0.25) is 0 Å². The van der Waals surface area contributed by atoms with E-state index < -0.39 is 6.43 Å². The van der Waals surface area contributed by atoms with E-state index >= 15 is 0 Å². The van der Waals surface area contributed by atoms with E-state index in [4.69, 9.17) is 4.74 Å². The Balaban J connectivity index is 1.57. The van der Waals surface area contributed by atoms with Gasteiger partial charge in [-0.05, 0) is 30.7 Å². The third-order valence-corrected chi connectivity index (χ3v) is 4.48. The lowest BCUT2D eigenvalue weighted by Crippen LogP contribution is -2.21. The van der Waals surface area contributed by atoms with Gasteiger partial charge in [0, 0.05) is 31.7 Å². The molecule has 0 spiro atoms. The summed E-state index contributed by atoms with van der Waals surface area (Å²) in [6.07, 6.45) is 3.97. The number of hydrogen-bond donors (Lipinski definition) is 2. The van der Waals surface area contributed by atoms with Crippen LogP contribution in [0.5, 0.6) is 5.75 Å². The summed E-state index contributed by atoms with van der Waals surface area (Å²) in [7, 11) is 0. The number of fused-ring (bicyclic) bond motifs is 1.